The van der Waals surface area contributed by atoms with Crippen LogP contribution in [0.15, 0.2) is 18.2 Å². The van der Waals surface area contributed by atoms with Gasteiger partial charge in [-0.05, 0) is 20.0 Å². The molecular formula is C12H17ClFN3. The highest BCUT2D eigenvalue weighted by atomic mass is 35.5. The number of nitrogens with zero attached hydrogens (tertiary/aromatic N) is 1. The normalized spacial score (nSPS) is 12.8. The molecule has 3 nitrogen and oxygen atoms in total. The first kappa shape index (κ1) is 13.9. The van der Waals surface area contributed by atoms with Gasteiger partial charge in [-0.15, -0.1) is 0 Å². The molecule has 0 heterocycles. The van der Waals surface area contributed by atoms with Crippen LogP contribution in [-0.4, -0.2) is 23.8 Å². The van der Waals surface area contributed by atoms with Crippen LogP contribution in [0.4, 0.5) is 4.39 Å². The predicted molar refractivity (Wildman–Crippen MR) is 68.9 cm³/mol. The summed E-state index contributed by atoms with van der Waals surface area (Å²) in [6.07, 6.45) is 0.471. The summed E-state index contributed by atoms with van der Waals surface area (Å²) in [6.45, 7) is 2.39. The lowest BCUT2D eigenvalue weighted by Gasteiger charge is -2.24. The van der Waals surface area contributed by atoms with Crippen LogP contribution < -0.4 is 5.73 Å². The van der Waals surface area contributed by atoms with Gasteiger partial charge in [-0.1, -0.05) is 23.7 Å². The number of amidine groups is 1. The molecule has 0 spiro atoms. The molecule has 0 saturated heterocycles. The molecule has 3 N–H and O–H groups in total. The number of halogens is 2. The number of hydrogen-bond donors (Lipinski definition) is 2. The van der Waals surface area contributed by atoms with E-state index in [4.69, 9.17) is 22.7 Å². The van der Waals surface area contributed by atoms with Crippen LogP contribution in [0.3, 0.4) is 0 Å². The Bertz CT molecular complexity index is 409. The van der Waals surface area contributed by atoms with Gasteiger partial charge in [0.2, 0.25) is 0 Å². The van der Waals surface area contributed by atoms with Crippen molar-refractivity contribution in [3.8, 4) is 0 Å². The molecule has 94 valence electrons. The molecule has 0 aromatic heterocycles. The Morgan fingerprint density at radius 1 is 1.59 bits per heavy atom. The fraction of sp³-hybridized carbons (Fsp3) is 0.417. The minimum absolute atomic E-state index is 0.0888. The Labute approximate surface area is 106 Å². The molecule has 0 amide bonds. The largest absolute Gasteiger partial charge is 0.388 e. The van der Waals surface area contributed by atoms with Gasteiger partial charge in [0.1, 0.15) is 5.82 Å². The molecule has 1 atom stereocenters. The maximum Gasteiger partial charge on any atom is 0.146 e. The average molecular weight is 258 g/mol. The van der Waals surface area contributed by atoms with Crippen LogP contribution in [0.25, 0.3) is 0 Å². The summed E-state index contributed by atoms with van der Waals surface area (Å²) in [6, 6.07) is 5.05. The Morgan fingerprint density at radius 3 is 2.82 bits per heavy atom. The molecule has 0 aliphatic rings. The topological polar surface area (TPSA) is 53.1 Å². The standard InChI is InChI=1S/C12H17ClFN3/c1-8(6-11(15)16)17(2)7-9-4-3-5-10(13)12(9)14/h3-5,8H,6-7H2,1-2H3,(H3,15,16). The SMILES string of the molecule is CC(CC(=N)N)N(C)Cc1cccc(Cl)c1F. The number of nitrogens with one attached hydrogen (secondary N) is 1. The van der Waals surface area contributed by atoms with Gasteiger partial charge >= 0.3 is 0 Å². The third-order valence-electron chi connectivity index (χ3n) is 2.72. The smallest absolute Gasteiger partial charge is 0.146 e. The van der Waals surface area contributed by atoms with Crippen molar-refractivity contribution in [3.05, 3.63) is 34.6 Å². The van der Waals surface area contributed by atoms with E-state index in [0.717, 1.165) is 0 Å². The van der Waals surface area contributed by atoms with Gasteiger partial charge < -0.3 is 5.73 Å². The van der Waals surface area contributed by atoms with E-state index in [1.165, 1.54) is 6.07 Å². The van der Waals surface area contributed by atoms with Crippen molar-refractivity contribution in [1.29, 1.82) is 5.41 Å². The lowest BCUT2D eigenvalue weighted by molar-refractivity contribution is 0.251. The van der Waals surface area contributed by atoms with Gasteiger partial charge in [-0.3, -0.25) is 10.3 Å². The van der Waals surface area contributed by atoms with Crippen LogP contribution in [-0.2, 0) is 6.54 Å². The summed E-state index contributed by atoms with van der Waals surface area (Å²) in [5.41, 5.74) is 5.89. The molecule has 1 aromatic carbocycles. The van der Waals surface area contributed by atoms with Crippen molar-refractivity contribution in [2.45, 2.75) is 25.9 Å². The van der Waals surface area contributed by atoms with Crippen molar-refractivity contribution in [2.75, 3.05) is 7.05 Å². The molecule has 0 aliphatic carbocycles. The van der Waals surface area contributed by atoms with Gasteiger partial charge in [0, 0.05) is 24.6 Å². The predicted octanol–water partition coefficient (Wildman–Crippen LogP) is 2.63. The van der Waals surface area contributed by atoms with Crippen LogP contribution in [0.5, 0.6) is 0 Å². The van der Waals surface area contributed by atoms with E-state index in [1.54, 1.807) is 12.1 Å². The van der Waals surface area contributed by atoms with E-state index in [0.29, 0.717) is 18.5 Å². The summed E-state index contributed by atoms with van der Waals surface area (Å²) in [5, 5.41) is 7.36. The first-order valence-corrected chi connectivity index (χ1v) is 5.75. The quantitative estimate of drug-likeness (QED) is 0.629. The van der Waals surface area contributed by atoms with E-state index < -0.39 is 0 Å². The van der Waals surface area contributed by atoms with Crippen molar-refractivity contribution >= 4 is 17.4 Å². The molecule has 0 aliphatic heterocycles. The summed E-state index contributed by atoms with van der Waals surface area (Å²) < 4.78 is 13.7. The van der Waals surface area contributed by atoms with E-state index >= 15 is 0 Å². The highest BCUT2D eigenvalue weighted by molar-refractivity contribution is 6.30. The number of benzene rings is 1. The fourth-order valence-corrected chi connectivity index (χ4v) is 1.76. The number of rotatable bonds is 5. The maximum atomic E-state index is 13.7. The average Bonchev–Trinajstić information content (AvgIpc) is 2.23. The summed E-state index contributed by atoms with van der Waals surface area (Å²) >= 11 is 5.71. The zero-order valence-electron chi connectivity index (χ0n) is 10.0. The fourth-order valence-electron chi connectivity index (χ4n) is 1.57. The van der Waals surface area contributed by atoms with Gasteiger partial charge in [-0.25, -0.2) is 4.39 Å². The van der Waals surface area contributed by atoms with E-state index in [-0.39, 0.29) is 22.7 Å². The van der Waals surface area contributed by atoms with E-state index in [2.05, 4.69) is 0 Å². The Morgan fingerprint density at radius 2 is 2.24 bits per heavy atom. The Hall–Kier alpha value is -1.13. The van der Waals surface area contributed by atoms with Gasteiger partial charge in [0.25, 0.3) is 0 Å². The molecule has 5 heteroatoms. The molecule has 1 aromatic rings. The van der Waals surface area contributed by atoms with Crippen molar-refractivity contribution in [2.24, 2.45) is 5.73 Å². The number of nitrogens with two attached hydrogens (primary N) is 1. The molecule has 0 bridgehead atoms. The second kappa shape index (κ2) is 5.98. The molecule has 0 saturated carbocycles. The molecule has 0 fully saturated rings. The zero-order valence-corrected chi connectivity index (χ0v) is 10.8. The second-order valence-corrected chi connectivity index (χ2v) is 4.61. The molecule has 1 unspecified atom stereocenters. The van der Waals surface area contributed by atoms with E-state index in [1.807, 2.05) is 18.9 Å². The van der Waals surface area contributed by atoms with Gasteiger partial charge in [0.15, 0.2) is 0 Å². The van der Waals surface area contributed by atoms with Gasteiger partial charge in [0.05, 0.1) is 10.9 Å². The van der Waals surface area contributed by atoms with Crippen molar-refractivity contribution in [3.63, 3.8) is 0 Å². The Kier molecular flexibility index (Phi) is 4.90. The minimum Gasteiger partial charge on any atom is -0.388 e. The highest BCUT2D eigenvalue weighted by Crippen LogP contribution is 2.19. The third-order valence-corrected chi connectivity index (χ3v) is 3.01. The Balaban J connectivity index is 2.70. The lowest BCUT2D eigenvalue weighted by atomic mass is 10.1. The zero-order chi connectivity index (χ0) is 13.0. The molecular weight excluding hydrogens is 241 g/mol. The van der Waals surface area contributed by atoms with Crippen LogP contribution in [0, 0.1) is 11.2 Å². The summed E-state index contributed by atoms with van der Waals surface area (Å²) in [4.78, 5) is 1.94. The van der Waals surface area contributed by atoms with Crippen LogP contribution >= 0.6 is 11.6 Å². The number of hydrogen-bond acceptors (Lipinski definition) is 2. The molecule has 0 radical (unpaired) electrons. The van der Waals surface area contributed by atoms with E-state index in [9.17, 15) is 4.39 Å². The monoisotopic (exact) mass is 257 g/mol. The second-order valence-electron chi connectivity index (χ2n) is 4.21. The molecule has 17 heavy (non-hydrogen) atoms. The molecule has 1 rings (SSSR count). The maximum absolute atomic E-state index is 13.7. The highest BCUT2D eigenvalue weighted by Gasteiger charge is 2.14. The lowest BCUT2D eigenvalue weighted by Crippen LogP contribution is -2.32. The first-order chi connectivity index (χ1) is 7.91. The van der Waals surface area contributed by atoms with Crippen molar-refractivity contribution in [1.82, 2.24) is 4.90 Å². The van der Waals surface area contributed by atoms with Gasteiger partial charge in [-0.2, -0.15) is 0 Å². The van der Waals surface area contributed by atoms with Crippen molar-refractivity contribution < 1.29 is 4.39 Å². The van der Waals surface area contributed by atoms with Crippen LogP contribution in [0.1, 0.15) is 18.9 Å². The summed E-state index contributed by atoms with van der Waals surface area (Å²) in [7, 11) is 1.87. The third kappa shape index (κ3) is 3.98. The summed E-state index contributed by atoms with van der Waals surface area (Å²) in [5.74, 6) is -0.244. The minimum atomic E-state index is -0.379. The van der Waals surface area contributed by atoms with Crippen LogP contribution in [0.2, 0.25) is 5.02 Å². The first-order valence-electron chi connectivity index (χ1n) is 5.38.